The largest absolute Gasteiger partial charge is 0.394 e. The predicted molar refractivity (Wildman–Crippen MR) is 71.9 cm³/mol. The minimum atomic E-state index is -0.181. The Kier molecular flexibility index (Phi) is 5.65. The average molecular weight is 300 g/mol. The number of carbonyl (C=O) groups is 1. The predicted octanol–water partition coefficient (Wildman–Crippen LogP) is 2.44. The number of nitrogens with one attached hydrogen (secondary N) is 1. The number of halogens is 1. The summed E-state index contributed by atoms with van der Waals surface area (Å²) in [5.74, 6) is 0.149. The minimum Gasteiger partial charge on any atom is -0.394 e. The van der Waals surface area contributed by atoms with Gasteiger partial charge in [-0.2, -0.15) is 0 Å². The third kappa shape index (κ3) is 4.88. The SMILES string of the molecule is CC(CO)NC(=O)CC(C)c1ccc(Br)cc1. The lowest BCUT2D eigenvalue weighted by Gasteiger charge is -2.15. The number of hydrogen-bond donors (Lipinski definition) is 2. The first-order chi connectivity index (χ1) is 8.02. The van der Waals surface area contributed by atoms with Crippen molar-refractivity contribution < 1.29 is 9.90 Å². The van der Waals surface area contributed by atoms with E-state index < -0.39 is 0 Å². The van der Waals surface area contributed by atoms with Crippen molar-refractivity contribution in [2.75, 3.05) is 6.61 Å². The highest BCUT2D eigenvalue weighted by atomic mass is 79.9. The van der Waals surface area contributed by atoms with Crippen LogP contribution in [0, 0.1) is 0 Å². The Morgan fingerprint density at radius 3 is 2.47 bits per heavy atom. The van der Waals surface area contributed by atoms with Gasteiger partial charge in [0, 0.05) is 16.9 Å². The van der Waals surface area contributed by atoms with Crippen molar-refractivity contribution in [1.82, 2.24) is 5.32 Å². The molecule has 94 valence electrons. The van der Waals surface area contributed by atoms with Gasteiger partial charge in [-0.3, -0.25) is 4.79 Å². The molecular weight excluding hydrogens is 282 g/mol. The Bertz CT molecular complexity index is 364. The molecule has 4 heteroatoms. The zero-order valence-electron chi connectivity index (χ0n) is 10.1. The quantitative estimate of drug-likeness (QED) is 0.877. The number of aliphatic hydroxyl groups excluding tert-OH is 1. The zero-order chi connectivity index (χ0) is 12.8. The molecule has 0 saturated carbocycles. The second kappa shape index (κ2) is 6.77. The summed E-state index contributed by atoms with van der Waals surface area (Å²) in [6.07, 6.45) is 0.436. The van der Waals surface area contributed by atoms with E-state index in [0.29, 0.717) is 6.42 Å². The Hall–Kier alpha value is -0.870. The van der Waals surface area contributed by atoms with E-state index in [1.165, 1.54) is 0 Å². The molecule has 17 heavy (non-hydrogen) atoms. The molecule has 2 N–H and O–H groups in total. The molecule has 0 aliphatic rings. The second-order valence-corrected chi connectivity index (χ2v) is 5.22. The van der Waals surface area contributed by atoms with Gasteiger partial charge in [-0.05, 0) is 30.5 Å². The Morgan fingerprint density at radius 2 is 1.94 bits per heavy atom. The van der Waals surface area contributed by atoms with Gasteiger partial charge >= 0.3 is 0 Å². The van der Waals surface area contributed by atoms with Crippen LogP contribution in [0.5, 0.6) is 0 Å². The highest BCUT2D eigenvalue weighted by Crippen LogP contribution is 2.21. The molecule has 2 atom stereocenters. The van der Waals surface area contributed by atoms with E-state index in [2.05, 4.69) is 21.2 Å². The second-order valence-electron chi connectivity index (χ2n) is 4.31. The number of carbonyl (C=O) groups excluding carboxylic acids is 1. The summed E-state index contributed by atoms with van der Waals surface area (Å²) in [4.78, 5) is 11.6. The zero-order valence-corrected chi connectivity index (χ0v) is 11.7. The van der Waals surface area contributed by atoms with E-state index in [9.17, 15) is 4.79 Å². The van der Waals surface area contributed by atoms with Crippen LogP contribution in [0.2, 0.25) is 0 Å². The van der Waals surface area contributed by atoms with Gasteiger partial charge in [0.25, 0.3) is 0 Å². The van der Waals surface area contributed by atoms with Crippen LogP contribution in [0.4, 0.5) is 0 Å². The van der Waals surface area contributed by atoms with Crippen molar-refractivity contribution in [3.8, 4) is 0 Å². The third-order valence-electron chi connectivity index (χ3n) is 2.61. The standard InChI is InChI=1S/C13H18BrNO2/c1-9(7-13(17)15-10(2)8-16)11-3-5-12(14)6-4-11/h3-6,9-10,16H,7-8H2,1-2H3,(H,15,17). The summed E-state index contributed by atoms with van der Waals surface area (Å²) >= 11 is 3.38. The van der Waals surface area contributed by atoms with Crippen molar-refractivity contribution in [3.63, 3.8) is 0 Å². The topological polar surface area (TPSA) is 49.3 Å². The van der Waals surface area contributed by atoms with E-state index in [0.717, 1.165) is 10.0 Å². The van der Waals surface area contributed by atoms with Gasteiger partial charge in [-0.25, -0.2) is 0 Å². The molecule has 0 radical (unpaired) electrons. The van der Waals surface area contributed by atoms with Crippen molar-refractivity contribution in [1.29, 1.82) is 0 Å². The molecule has 0 aliphatic heterocycles. The van der Waals surface area contributed by atoms with Crippen molar-refractivity contribution in [3.05, 3.63) is 34.3 Å². The van der Waals surface area contributed by atoms with Crippen LogP contribution in [-0.4, -0.2) is 23.7 Å². The van der Waals surface area contributed by atoms with Crippen LogP contribution < -0.4 is 5.32 Å². The lowest BCUT2D eigenvalue weighted by atomic mass is 9.97. The minimum absolute atomic E-state index is 0.0260. The van der Waals surface area contributed by atoms with Crippen LogP contribution in [0.3, 0.4) is 0 Å². The maximum absolute atomic E-state index is 11.6. The fourth-order valence-corrected chi connectivity index (χ4v) is 1.83. The van der Waals surface area contributed by atoms with Gasteiger partial charge in [-0.15, -0.1) is 0 Å². The highest BCUT2D eigenvalue weighted by molar-refractivity contribution is 9.10. The smallest absolute Gasteiger partial charge is 0.220 e. The van der Waals surface area contributed by atoms with Crippen LogP contribution >= 0.6 is 15.9 Å². The number of amides is 1. The molecule has 0 saturated heterocycles. The summed E-state index contributed by atoms with van der Waals surface area (Å²) in [5, 5.41) is 11.6. The van der Waals surface area contributed by atoms with E-state index >= 15 is 0 Å². The Morgan fingerprint density at radius 1 is 1.35 bits per heavy atom. The van der Waals surface area contributed by atoms with Crippen molar-refractivity contribution >= 4 is 21.8 Å². The van der Waals surface area contributed by atoms with E-state index in [4.69, 9.17) is 5.11 Å². The molecule has 0 aromatic heterocycles. The monoisotopic (exact) mass is 299 g/mol. The summed E-state index contributed by atoms with van der Waals surface area (Å²) < 4.78 is 1.03. The number of benzene rings is 1. The number of hydrogen-bond acceptors (Lipinski definition) is 2. The molecule has 2 unspecified atom stereocenters. The maximum atomic E-state index is 11.6. The Balaban J connectivity index is 2.51. The molecule has 1 aromatic carbocycles. The highest BCUT2D eigenvalue weighted by Gasteiger charge is 2.12. The lowest BCUT2D eigenvalue weighted by molar-refractivity contribution is -0.122. The van der Waals surface area contributed by atoms with Crippen LogP contribution in [-0.2, 0) is 4.79 Å². The van der Waals surface area contributed by atoms with E-state index in [1.807, 2.05) is 31.2 Å². The number of rotatable bonds is 5. The molecule has 1 rings (SSSR count). The van der Waals surface area contributed by atoms with Gasteiger partial charge < -0.3 is 10.4 Å². The van der Waals surface area contributed by atoms with Crippen LogP contribution in [0.1, 0.15) is 31.7 Å². The van der Waals surface area contributed by atoms with Crippen molar-refractivity contribution in [2.24, 2.45) is 0 Å². The molecule has 0 fully saturated rings. The maximum Gasteiger partial charge on any atom is 0.220 e. The van der Waals surface area contributed by atoms with Crippen LogP contribution in [0.15, 0.2) is 28.7 Å². The van der Waals surface area contributed by atoms with Crippen LogP contribution in [0.25, 0.3) is 0 Å². The fraction of sp³-hybridized carbons (Fsp3) is 0.462. The molecule has 0 spiro atoms. The molecular formula is C13H18BrNO2. The Labute approximate surface area is 110 Å². The van der Waals surface area contributed by atoms with Gasteiger partial charge in [0.2, 0.25) is 5.91 Å². The first-order valence-electron chi connectivity index (χ1n) is 5.68. The normalized spacial score (nSPS) is 14.1. The van der Waals surface area contributed by atoms with Gasteiger partial charge in [0.1, 0.15) is 0 Å². The first-order valence-corrected chi connectivity index (χ1v) is 6.48. The van der Waals surface area contributed by atoms with Gasteiger partial charge in [-0.1, -0.05) is 35.0 Å². The van der Waals surface area contributed by atoms with E-state index in [1.54, 1.807) is 6.92 Å². The van der Waals surface area contributed by atoms with Gasteiger partial charge in [0.15, 0.2) is 0 Å². The van der Waals surface area contributed by atoms with Gasteiger partial charge in [0.05, 0.1) is 6.61 Å². The molecule has 1 amide bonds. The molecule has 3 nitrogen and oxygen atoms in total. The molecule has 0 bridgehead atoms. The summed E-state index contributed by atoms with van der Waals surface area (Å²) in [6.45, 7) is 3.77. The molecule has 0 aliphatic carbocycles. The average Bonchev–Trinajstić information content (AvgIpc) is 2.29. The lowest BCUT2D eigenvalue weighted by Crippen LogP contribution is -2.35. The fourth-order valence-electron chi connectivity index (χ4n) is 1.57. The number of aliphatic hydroxyl groups is 1. The third-order valence-corrected chi connectivity index (χ3v) is 3.14. The van der Waals surface area contributed by atoms with E-state index in [-0.39, 0.29) is 24.5 Å². The van der Waals surface area contributed by atoms with Crippen molar-refractivity contribution in [2.45, 2.75) is 32.2 Å². The first kappa shape index (κ1) is 14.2. The summed E-state index contributed by atoms with van der Waals surface area (Å²) in [7, 11) is 0. The molecule has 1 aromatic rings. The summed E-state index contributed by atoms with van der Waals surface area (Å²) in [6, 6.07) is 7.79. The summed E-state index contributed by atoms with van der Waals surface area (Å²) in [5.41, 5.74) is 1.14. The molecule has 0 heterocycles.